The van der Waals surface area contributed by atoms with Crippen LogP contribution in [0.3, 0.4) is 0 Å². The van der Waals surface area contributed by atoms with Crippen molar-refractivity contribution in [1.29, 1.82) is 0 Å². The van der Waals surface area contributed by atoms with Crippen LogP contribution in [0.25, 0.3) is 0 Å². The highest BCUT2D eigenvalue weighted by Crippen LogP contribution is 2.38. The van der Waals surface area contributed by atoms with Crippen molar-refractivity contribution in [2.75, 3.05) is 19.8 Å². The minimum atomic E-state index is -0.332. The second-order valence-corrected chi connectivity index (χ2v) is 10.5. The fourth-order valence-electron chi connectivity index (χ4n) is 4.10. The number of hydrogen-bond acceptors (Lipinski definition) is 4. The van der Waals surface area contributed by atoms with Gasteiger partial charge in [-0.1, -0.05) is 65.0 Å². The van der Waals surface area contributed by atoms with Crippen molar-refractivity contribution >= 4 is 0 Å². The van der Waals surface area contributed by atoms with Crippen LogP contribution in [-0.4, -0.2) is 32.1 Å². The van der Waals surface area contributed by atoms with Gasteiger partial charge in [0.1, 0.15) is 18.1 Å². The van der Waals surface area contributed by atoms with E-state index in [1.807, 2.05) is 37.3 Å². The summed E-state index contributed by atoms with van der Waals surface area (Å²) in [4.78, 5) is 0. The number of hydrogen-bond donors (Lipinski definition) is 1. The fourth-order valence-corrected chi connectivity index (χ4v) is 4.10. The second-order valence-electron chi connectivity index (χ2n) is 10.5. The Morgan fingerprint density at radius 1 is 1.00 bits per heavy atom. The molecule has 0 spiro atoms. The van der Waals surface area contributed by atoms with E-state index in [9.17, 15) is 0 Å². The molecule has 2 aromatic rings. The maximum atomic E-state index is 6.22. The van der Waals surface area contributed by atoms with E-state index in [0.29, 0.717) is 36.5 Å². The highest BCUT2D eigenvalue weighted by Gasteiger charge is 2.26. The Balaban J connectivity index is 1.62. The van der Waals surface area contributed by atoms with Crippen molar-refractivity contribution in [2.24, 2.45) is 11.3 Å². The van der Waals surface area contributed by atoms with Gasteiger partial charge in [0.05, 0.1) is 6.61 Å². The van der Waals surface area contributed by atoms with Crippen LogP contribution in [0.4, 0.5) is 0 Å². The van der Waals surface area contributed by atoms with E-state index in [0.717, 1.165) is 24.5 Å². The van der Waals surface area contributed by atoms with E-state index in [1.165, 1.54) is 17.5 Å². The van der Waals surface area contributed by atoms with Gasteiger partial charge in [0, 0.05) is 12.6 Å². The summed E-state index contributed by atoms with van der Waals surface area (Å²) in [6.45, 7) is 15.7. The molecule has 0 saturated carbocycles. The Hall–Kier alpha value is -2.04. The van der Waals surface area contributed by atoms with E-state index in [2.05, 4.69) is 58.1 Å². The highest BCUT2D eigenvalue weighted by atomic mass is 16.7. The molecule has 1 aliphatic rings. The summed E-state index contributed by atoms with van der Waals surface area (Å²) in [5.74, 6) is 2.92. The Morgan fingerprint density at radius 3 is 2.34 bits per heavy atom. The summed E-state index contributed by atoms with van der Waals surface area (Å²) in [6.07, 6.45) is 1.84. The lowest BCUT2D eigenvalue weighted by Crippen LogP contribution is -2.21. The number of nitrogens with one attached hydrogen (secondary N) is 1. The highest BCUT2D eigenvalue weighted by molar-refractivity contribution is 5.40. The number of benzene rings is 2. The zero-order chi connectivity index (χ0) is 23.1. The first-order valence-corrected chi connectivity index (χ1v) is 12.0. The van der Waals surface area contributed by atoms with E-state index >= 15 is 0 Å². The molecule has 2 aromatic carbocycles. The lowest BCUT2D eigenvalue weighted by molar-refractivity contribution is -0.0743. The predicted molar refractivity (Wildman–Crippen MR) is 132 cm³/mol. The average Bonchev–Trinajstić information content (AvgIpc) is 3.55. The van der Waals surface area contributed by atoms with Gasteiger partial charge in [0.25, 0.3) is 0 Å². The van der Waals surface area contributed by atoms with Gasteiger partial charge >= 0.3 is 0 Å². The molecule has 32 heavy (non-hydrogen) atoms. The summed E-state index contributed by atoms with van der Waals surface area (Å²) in [6, 6.07) is 17.1. The molecule has 3 atom stereocenters. The largest absolute Gasteiger partial charge is 0.491 e. The lowest BCUT2D eigenvalue weighted by atomic mass is 9.76. The number of ether oxygens (including phenoxy) is 3. The molecule has 176 valence electrons. The Kier molecular flexibility index (Phi) is 8.61. The van der Waals surface area contributed by atoms with Gasteiger partial charge in [-0.15, -0.1) is 0 Å². The van der Waals surface area contributed by atoms with Gasteiger partial charge in [0.2, 0.25) is 0 Å². The Labute approximate surface area is 194 Å². The molecule has 0 amide bonds. The normalized spacial score (nSPS) is 17.8. The molecule has 0 aliphatic carbocycles. The SMILES string of the molecule is CC(OCCOc1ccccc1)Oc1ccc(C(CC(C)(C)C)C(C)C)cc1CC1CN1. The molecule has 0 bridgehead atoms. The smallest absolute Gasteiger partial charge is 0.197 e. The van der Waals surface area contributed by atoms with E-state index in [1.54, 1.807) is 0 Å². The van der Waals surface area contributed by atoms with Crippen LogP contribution in [0.1, 0.15) is 65.0 Å². The Bertz CT molecular complexity index is 824. The monoisotopic (exact) mass is 439 g/mol. The maximum Gasteiger partial charge on any atom is 0.197 e. The van der Waals surface area contributed by atoms with Crippen LogP contribution in [0.15, 0.2) is 48.5 Å². The number of rotatable bonds is 12. The summed E-state index contributed by atoms with van der Waals surface area (Å²) in [5, 5.41) is 3.43. The minimum Gasteiger partial charge on any atom is -0.491 e. The Morgan fingerprint density at radius 2 is 1.72 bits per heavy atom. The molecule has 3 rings (SSSR count). The van der Waals surface area contributed by atoms with Gasteiger partial charge in [0.15, 0.2) is 6.29 Å². The van der Waals surface area contributed by atoms with Crippen LogP contribution in [0, 0.1) is 11.3 Å². The third-order valence-electron chi connectivity index (χ3n) is 5.85. The summed E-state index contributed by atoms with van der Waals surface area (Å²) < 4.78 is 17.8. The average molecular weight is 440 g/mol. The van der Waals surface area contributed by atoms with Crippen molar-refractivity contribution in [3.05, 3.63) is 59.7 Å². The zero-order valence-electron chi connectivity index (χ0n) is 20.7. The fraction of sp³-hybridized carbons (Fsp3) is 0.571. The lowest BCUT2D eigenvalue weighted by Gasteiger charge is -2.30. The molecule has 1 heterocycles. The predicted octanol–water partition coefficient (Wildman–Crippen LogP) is 6.20. The quantitative estimate of drug-likeness (QED) is 0.243. The first kappa shape index (κ1) is 24.6. The molecular formula is C28H41NO3. The molecule has 0 aromatic heterocycles. The van der Waals surface area contributed by atoms with Crippen LogP contribution < -0.4 is 14.8 Å². The van der Waals surface area contributed by atoms with Crippen molar-refractivity contribution in [3.8, 4) is 11.5 Å². The molecule has 1 N–H and O–H groups in total. The summed E-state index contributed by atoms with van der Waals surface area (Å²) in [7, 11) is 0. The molecule has 1 aliphatic heterocycles. The van der Waals surface area contributed by atoms with Crippen LogP contribution in [-0.2, 0) is 11.2 Å². The molecule has 0 radical (unpaired) electrons. The zero-order valence-corrected chi connectivity index (χ0v) is 20.7. The summed E-state index contributed by atoms with van der Waals surface area (Å²) >= 11 is 0. The molecule has 4 nitrogen and oxygen atoms in total. The number of para-hydroxylation sites is 1. The van der Waals surface area contributed by atoms with Gasteiger partial charge in [-0.2, -0.15) is 0 Å². The van der Waals surface area contributed by atoms with E-state index < -0.39 is 0 Å². The topological polar surface area (TPSA) is 49.6 Å². The first-order chi connectivity index (χ1) is 15.2. The van der Waals surface area contributed by atoms with Crippen molar-refractivity contribution in [3.63, 3.8) is 0 Å². The minimum absolute atomic E-state index is 0.298. The molecular weight excluding hydrogens is 398 g/mol. The van der Waals surface area contributed by atoms with Gasteiger partial charge in [-0.25, -0.2) is 0 Å². The van der Waals surface area contributed by atoms with Crippen LogP contribution in [0.2, 0.25) is 0 Å². The van der Waals surface area contributed by atoms with Gasteiger partial charge in [-0.3, -0.25) is 0 Å². The third kappa shape index (κ3) is 8.14. The molecule has 4 heteroatoms. The van der Waals surface area contributed by atoms with Crippen LogP contribution in [0.5, 0.6) is 11.5 Å². The molecule has 3 unspecified atom stereocenters. The van der Waals surface area contributed by atoms with Crippen molar-refractivity contribution in [2.45, 2.75) is 72.6 Å². The maximum absolute atomic E-state index is 6.22. The van der Waals surface area contributed by atoms with E-state index in [4.69, 9.17) is 14.2 Å². The van der Waals surface area contributed by atoms with Crippen molar-refractivity contribution in [1.82, 2.24) is 5.32 Å². The second kappa shape index (κ2) is 11.2. The molecule has 1 saturated heterocycles. The van der Waals surface area contributed by atoms with Gasteiger partial charge < -0.3 is 19.5 Å². The third-order valence-corrected chi connectivity index (χ3v) is 5.85. The molecule has 1 fully saturated rings. The summed E-state index contributed by atoms with van der Waals surface area (Å²) in [5.41, 5.74) is 2.99. The van der Waals surface area contributed by atoms with Gasteiger partial charge in [-0.05, 0) is 66.3 Å². The van der Waals surface area contributed by atoms with Crippen molar-refractivity contribution < 1.29 is 14.2 Å². The standard InChI is InChI=1S/C28H41NO3/c1-20(2)26(18-28(4,5)6)22-12-13-27(23(16-22)17-24-19-29-24)32-21(3)30-14-15-31-25-10-8-7-9-11-25/h7-13,16,20-21,24,26,29H,14-15,17-19H2,1-6H3. The van der Waals surface area contributed by atoms with E-state index in [-0.39, 0.29) is 6.29 Å². The van der Waals surface area contributed by atoms with Crippen LogP contribution >= 0.6 is 0 Å². The first-order valence-electron chi connectivity index (χ1n) is 12.0.